The predicted molar refractivity (Wildman–Crippen MR) is 121 cm³/mol. The van der Waals surface area contributed by atoms with Gasteiger partial charge in [-0.3, -0.25) is 9.59 Å². The molecule has 2 aromatic rings. The van der Waals surface area contributed by atoms with E-state index in [1.807, 2.05) is 53.4 Å². The Morgan fingerprint density at radius 2 is 1.77 bits per heavy atom. The van der Waals surface area contributed by atoms with Crippen LogP contribution in [0.25, 0.3) is 11.1 Å². The molecule has 2 fully saturated rings. The first kappa shape index (κ1) is 21.4. The molecule has 2 heterocycles. The molecular formula is C25H31N3O3. The zero-order valence-corrected chi connectivity index (χ0v) is 18.5. The second kappa shape index (κ2) is 8.35. The first-order valence-electron chi connectivity index (χ1n) is 10.9. The van der Waals surface area contributed by atoms with E-state index < -0.39 is 5.54 Å². The quantitative estimate of drug-likeness (QED) is 0.799. The van der Waals surface area contributed by atoms with Crippen molar-refractivity contribution >= 4 is 11.8 Å². The highest BCUT2D eigenvalue weighted by Crippen LogP contribution is 2.31. The lowest BCUT2D eigenvalue weighted by molar-refractivity contribution is -0.128. The van der Waals surface area contributed by atoms with E-state index in [0.29, 0.717) is 38.0 Å². The zero-order valence-electron chi connectivity index (χ0n) is 18.5. The lowest BCUT2D eigenvalue weighted by Gasteiger charge is -2.40. The topological polar surface area (TPSA) is 70.7 Å². The molecule has 6 heteroatoms. The Morgan fingerprint density at radius 1 is 1.03 bits per heavy atom. The molecule has 2 saturated heterocycles. The molecule has 0 atom stereocenters. The fourth-order valence-corrected chi connectivity index (χ4v) is 4.42. The molecule has 2 aromatic carbocycles. The van der Waals surface area contributed by atoms with Gasteiger partial charge in [-0.05, 0) is 42.0 Å². The van der Waals surface area contributed by atoms with Crippen molar-refractivity contribution in [3.8, 4) is 16.9 Å². The Hall–Kier alpha value is -2.86. The smallest absolute Gasteiger partial charge is 0.253 e. The molecular weight excluding hydrogens is 390 g/mol. The second-order valence-corrected chi connectivity index (χ2v) is 9.36. The molecule has 164 valence electrons. The molecule has 0 saturated carbocycles. The van der Waals surface area contributed by atoms with Crippen LogP contribution >= 0.6 is 0 Å². The van der Waals surface area contributed by atoms with Gasteiger partial charge in [-0.15, -0.1) is 0 Å². The summed E-state index contributed by atoms with van der Waals surface area (Å²) in [6.07, 6.45) is 1.24. The van der Waals surface area contributed by atoms with Crippen molar-refractivity contribution in [2.75, 3.05) is 33.3 Å². The third kappa shape index (κ3) is 4.30. The van der Waals surface area contributed by atoms with Crippen LogP contribution in [0.2, 0.25) is 0 Å². The van der Waals surface area contributed by atoms with Crippen LogP contribution in [0, 0.1) is 5.41 Å². The van der Waals surface area contributed by atoms with Crippen LogP contribution in [0.5, 0.6) is 5.75 Å². The van der Waals surface area contributed by atoms with Crippen LogP contribution in [0.15, 0.2) is 48.5 Å². The van der Waals surface area contributed by atoms with Gasteiger partial charge in [0.15, 0.2) is 0 Å². The number of benzene rings is 2. The molecule has 1 spiro atoms. The number of hydrogen-bond acceptors (Lipinski definition) is 4. The maximum absolute atomic E-state index is 13.2. The molecule has 0 radical (unpaired) electrons. The average molecular weight is 422 g/mol. The zero-order chi connectivity index (χ0) is 22.1. The van der Waals surface area contributed by atoms with E-state index in [4.69, 9.17) is 4.74 Å². The van der Waals surface area contributed by atoms with Crippen LogP contribution < -0.4 is 15.4 Å². The van der Waals surface area contributed by atoms with Gasteiger partial charge in [0.05, 0.1) is 7.11 Å². The number of hydrogen-bond donors (Lipinski definition) is 2. The Labute approximate surface area is 184 Å². The van der Waals surface area contributed by atoms with E-state index in [1.165, 1.54) is 0 Å². The third-order valence-corrected chi connectivity index (χ3v) is 6.50. The maximum atomic E-state index is 13.2. The van der Waals surface area contributed by atoms with E-state index in [-0.39, 0.29) is 17.2 Å². The lowest BCUT2D eigenvalue weighted by atomic mass is 9.85. The molecule has 2 amide bonds. The number of piperidine rings is 1. The van der Waals surface area contributed by atoms with Crippen molar-refractivity contribution in [2.24, 2.45) is 5.41 Å². The highest BCUT2D eigenvalue weighted by molar-refractivity contribution is 5.96. The van der Waals surface area contributed by atoms with E-state index in [2.05, 4.69) is 24.5 Å². The maximum Gasteiger partial charge on any atom is 0.253 e. The van der Waals surface area contributed by atoms with Crippen molar-refractivity contribution in [1.29, 1.82) is 0 Å². The highest BCUT2D eigenvalue weighted by Gasteiger charge is 2.45. The van der Waals surface area contributed by atoms with Gasteiger partial charge in [-0.25, -0.2) is 0 Å². The number of carbonyl (C=O) groups excluding carboxylic acids is 2. The fraction of sp³-hybridized carbons (Fsp3) is 0.440. The minimum Gasteiger partial charge on any atom is -0.496 e. The van der Waals surface area contributed by atoms with Gasteiger partial charge in [0.25, 0.3) is 5.91 Å². The monoisotopic (exact) mass is 421 g/mol. The molecule has 0 aromatic heterocycles. The molecule has 4 rings (SSSR count). The van der Waals surface area contributed by atoms with Gasteiger partial charge in [0.2, 0.25) is 5.91 Å². The van der Waals surface area contributed by atoms with E-state index in [1.54, 1.807) is 7.11 Å². The normalized spacial score (nSPS) is 20.1. The largest absolute Gasteiger partial charge is 0.496 e. The van der Waals surface area contributed by atoms with Gasteiger partial charge in [0.1, 0.15) is 11.3 Å². The number of methoxy groups -OCH3 is 1. The standard InChI is InChI=1S/C25H31N3O3/c1-24(2)16-26-23(30)25(27-17-24)11-13-28(14-12-25)22(29)19-8-6-7-18(15-19)20-9-4-5-10-21(20)31-3/h4-10,15,27H,11-14,16-17H2,1-3H3,(H,26,30). The summed E-state index contributed by atoms with van der Waals surface area (Å²) < 4.78 is 5.47. The van der Waals surface area contributed by atoms with E-state index in [9.17, 15) is 9.59 Å². The average Bonchev–Trinajstić information content (AvgIpc) is 2.91. The van der Waals surface area contributed by atoms with Crippen LogP contribution in [0.1, 0.15) is 37.0 Å². The predicted octanol–water partition coefficient (Wildman–Crippen LogP) is 3.08. The summed E-state index contributed by atoms with van der Waals surface area (Å²) in [7, 11) is 1.65. The van der Waals surface area contributed by atoms with Crippen LogP contribution in [0.3, 0.4) is 0 Å². The molecule has 0 bridgehead atoms. The summed E-state index contributed by atoms with van der Waals surface area (Å²) in [4.78, 5) is 27.9. The van der Waals surface area contributed by atoms with Crippen LogP contribution in [-0.2, 0) is 4.79 Å². The van der Waals surface area contributed by atoms with Gasteiger partial charge in [0, 0.05) is 37.3 Å². The van der Waals surface area contributed by atoms with Gasteiger partial charge >= 0.3 is 0 Å². The highest BCUT2D eigenvalue weighted by atomic mass is 16.5. The summed E-state index contributed by atoms with van der Waals surface area (Å²) in [6.45, 7) is 6.84. The van der Waals surface area contributed by atoms with Gasteiger partial charge in [-0.2, -0.15) is 0 Å². The fourth-order valence-electron chi connectivity index (χ4n) is 4.42. The Balaban J connectivity index is 1.49. The number of ether oxygens (including phenoxy) is 1. The van der Waals surface area contributed by atoms with Gasteiger partial charge < -0.3 is 20.3 Å². The second-order valence-electron chi connectivity index (χ2n) is 9.36. The Kier molecular flexibility index (Phi) is 5.75. The minimum absolute atomic E-state index is 0.000887. The SMILES string of the molecule is COc1ccccc1-c1cccc(C(=O)N2CCC3(CC2)NCC(C)(C)CNC3=O)c1. The van der Waals surface area contributed by atoms with Crippen molar-refractivity contribution in [3.63, 3.8) is 0 Å². The first-order chi connectivity index (χ1) is 14.8. The number of para-hydroxylation sites is 1. The number of nitrogens with one attached hydrogen (secondary N) is 2. The van der Waals surface area contributed by atoms with Crippen molar-refractivity contribution in [3.05, 3.63) is 54.1 Å². The minimum atomic E-state index is -0.580. The summed E-state index contributed by atoms with van der Waals surface area (Å²) in [5.74, 6) is 0.838. The number of nitrogens with zero attached hydrogens (tertiary/aromatic N) is 1. The summed E-state index contributed by atoms with van der Waals surface area (Å²) >= 11 is 0. The number of rotatable bonds is 3. The van der Waals surface area contributed by atoms with Crippen molar-refractivity contribution in [2.45, 2.75) is 32.2 Å². The van der Waals surface area contributed by atoms with E-state index >= 15 is 0 Å². The van der Waals surface area contributed by atoms with Crippen LogP contribution in [-0.4, -0.2) is 55.5 Å². The Morgan fingerprint density at radius 3 is 2.52 bits per heavy atom. The molecule has 6 nitrogen and oxygen atoms in total. The summed E-state index contributed by atoms with van der Waals surface area (Å²) in [5, 5.41) is 6.61. The number of amides is 2. The summed E-state index contributed by atoms with van der Waals surface area (Å²) in [6, 6.07) is 15.5. The first-order valence-corrected chi connectivity index (χ1v) is 10.9. The molecule has 0 aliphatic carbocycles. The lowest BCUT2D eigenvalue weighted by Crippen LogP contribution is -2.61. The molecule has 31 heavy (non-hydrogen) atoms. The summed E-state index contributed by atoms with van der Waals surface area (Å²) in [5.41, 5.74) is 2.00. The van der Waals surface area contributed by atoms with Gasteiger partial charge in [-0.1, -0.05) is 44.2 Å². The molecule has 2 aliphatic heterocycles. The molecule has 0 unspecified atom stereocenters. The van der Waals surface area contributed by atoms with Crippen molar-refractivity contribution < 1.29 is 14.3 Å². The third-order valence-electron chi connectivity index (χ3n) is 6.50. The molecule has 2 aliphatic rings. The number of likely N-dealkylation sites (tertiary alicyclic amines) is 1. The van der Waals surface area contributed by atoms with Crippen molar-refractivity contribution in [1.82, 2.24) is 15.5 Å². The molecule has 2 N–H and O–H groups in total. The Bertz CT molecular complexity index is 977. The number of carbonyl (C=O) groups is 2. The van der Waals surface area contributed by atoms with Crippen LogP contribution in [0.4, 0.5) is 0 Å². The van der Waals surface area contributed by atoms with E-state index in [0.717, 1.165) is 23.4 Å².